The highest BCUT2D eigenvalue weighted by Crippen LogP contribution is 2.26. The highest BCUT2D eigenvalue weighted by molar-refractivity contribution is 5.96. The van der Waals surface area contributed by atoms with E-state index < -0.39 is 0 Å². The van der Waals surface area contributed by atoms with Gasteiger partial charge in [0, 0.05) is 25.7 Å². The number of amides is 1. The van der Waals surface area contributed by atoms with Gasteiger partial charge in [-0.25, -0.2) is 0 Å². The molecule has 1 aromatic rings. The van der Waals surface area contributed by atoms with Crippen molar-refractivity contribution in [3.05, 3.63) is 35.4 Å². The van der Waals surface area contributed by atoms with Crippen LogP contribution in [-0.4, -0.2) is 60.6 Å². The van der Waals surface area contributed by atoms with Crippen molar-refractivity contribution in [2.75, 3.05) is 33.8 Å². The van der Waals surface area contributed by atoms with Gasteiger partial charge in [0.05, 0.1) is 17.2 Å². The first-order valence-corrected chi connectivity index (χ1v) is 8.14. The molecule has 1 heterocycles. The molecule has 0 radical (unpaired) electrons. The summed E-state index contributed by atoms with van der Waals surface area (Å²) in [5.41, 5.74) is 0.915. The van der Waals surface area contributed by atoms with Gasteiger partial charge >= 0.3 is 0 Å². The summed E-state index contributed by atoms with van der Waals surface area (Å²) in [4.78, 5) is 16.9. The van der Waals surface area contributed by atoms with Crippen molar-refractivity contribution in [1.82, 2.24) is 9.80 Å². The third-order valence-corrected chi connectivity index (χ3v) is 4.66. The molecule has 2 atom stereocenters. The van der Waals surface area contributed by atoms with Crippen LogP contribution in [0.1, 0.15) is 35.2 Å². The number of benzene rings is 1. The van der Waals surface area contributed by atoms with Crippen molar-refractivity contribution in [3.63, 3.8) is 0 Å². The number of nitriles is 1. The van der Waals surface area contributed by atoms with Crippen LogP contribution < -0.4 is 0 Å². The molecule has 5 nitrogen and oxygen atoms in total. The number of aliphatic hydroxyl groups is 1. The van der Waals surface area contributed by atoms with Crippen LogP contribution in [0.3, 0.4) is 0 Å². The van der Waals surface area contributed by atoms with Gasteiger partial charge in [-0.3, -0.25) is 4.79 Å². The molecule has 0 bridgehead atoms. The summed E-state index contributed by atoms with van der Waals surface area (Å²) >= 11 is 0. The van der Waals surface area contributed by atoms with Gasteiger partial charge in [-0.05, 0) is 51.4 Å². The first kappa shape index (κ1) is 17.5. The summed E-state index contributed by atoms with van der Waals surface area (Å²) in [5.74, 6) is 0.289. The fraction of sp³-hybridized carbons (Fsp3) is 0.556. The van der Waals surface area contributed by atoms with Gasteiger partial charge in [0.15, 0.2) is 0 Å². The topological polar surface area (TPSA) is 67.6 Å². The number of rotatable bonds is 5. The number of aliphatic hydroxyl groups excluding tert-OH is 1. The van der Waals surface area contributed by atoms with E-state index in [2.05, 4.69) is 25.1 Å². The van der Waals surface area contributed by atoms with Crippen LogP contribution >= 0.6 is 0 Å². The molecule has 2 rings (SSSR count). The van der Waals surface area contributed by atoms with Crippen molar-refractivity contribution in [1.29, 1.82) is 5.26 Å². The molecule has 0 aliphatic carbocycles. The van der Waals surface area contributed by atoms with E-state index in [1.54, 1.807) is 24.3 Å². The Morgan fingerprint density at radius 2 is 2.17 bits per heavy atom. The van der Waals surface area contributed by atoms with Gasteiger partial charge in [0.25, 0.3) is 5.91 Å². The SMILES string of the molecule is CN(C)[C@H]1CCN(C(=O)c2ccccc2C#N)C[C@H]1CCCO. The van der Waals surface area contributed by atoms with Gasteiger partial charge < -0.3 is 14.9 Å². The highest BCUT2D eigenvalue weighted by atomic mass is 16.2. The summed E-state index contributed by atoms with van der Waals surface area (Å²) in [6.07, 6.45) is 2.58. The third-order valence-electron chi connectivity index (χ3n) is 4.66. The Morgan fingerprint density at radius 3 is 2.83 bits per heavy atom. The minimum absolute atomic E-state index is 0.0617. The second kappa shape index (κ2) is 8.09. The number of carbonyl (C=O) groups excluding carboxylic acids is 1. The third kappa shape index (κ3) is 4.10. The number of likely N-dealkylation sites (tertiary alicyclic amines) is 1. The van der Waals surface area contributed by atoms with Gasteiger partial charge in [-0.15, -0.1) is 0 Å². The minimum Gasteiger partial charge on any atom is -0.396 e. The minimum atomic E-state index is -0.0617. The molecule has 1 aliphatic rings. The van der Waals surface area contributed by atoms with E-state index in [1.807, 2.05) is 4.90 Å². The molecule has 5 heteroatoms. The first-order chi connectivity index (χ1) is 11.1. The fourth-order valence-electron chi connectivity index (χ4n) is 3.46. The van der Waals surface area contributed by atoms with Gasteiger partial charge in [0.1, 0.15) is 0 Å². The zero-order valence-corrected chi connectivity index (χ0v) is 13.9. The fourth-order valence-corrected chi connectivity index (χ4v) is 3.46. The maximum atomic E-state index is 12.8. The smallest absolute Gasteiger partial charge is 0.255 e. The molecule has 1 aromatic carbocycles. The number of piperidine rings is 1. The summed E-state index contributed by atoms with van der Waals surface area (Å²) in [6.45, 7) is 1.57. The first-order valence-electron chi connectivity index (χ1n) is 8.14. The molecule has 1 N–H and O–H groups in total. The lowest BCUT2D eigenvalue weighted by molar-refractivity contribution is 0.0495. The van der Waals surface area contributed by atoms with Gasteiger partial charge in [-0.1, -0.05) is 12.1 Å². The molecular formula is C18H25N3O2. The molecule has 1 fully saturated rings. The normalized spacial score (nSPS) is 21.3. The van der Waals surface area contributed by atoms with Crippen LogP contribution in [0.25, 0.3) is 0 Å². The van der Waals surface area contributed by atoms with Crippen LogP contribution in [-0.2, 0) is 0 Å². The predicted octanol–water partition coefficient (Wildman–Crippen LogP) is 1.72. The standard InChI is InChI=1S/C18H25N3O2/c1-20(2)17-9-10-21(13-15(17)7-5-11-22)18(23)16-8-4-3-6-14(16)12-19/h3-4,6,8,15,17,22H,5,7,9-11,13H2,1-2H3/t15-,17+/m1/s1. The predicted molar refractivity (Wildman–Crippen MR) is 89.0 cm³/mol. The summed E-state index contributed by atoms with van der Waals surface area (Å²) < 4.78 is 0. The monoisotopic (exact) mass is 315 g/mol. The van der Waals surface area contributed by atoms with Gasteiger partial charge in [-0.2, -0.15) is 5.26 Å². The zero-order valence-electron chi connectivity index (χ0n) is 13.9. The van der Waals surface area contributed by atoms with Crippen molar-refractivity contribution in [2.24, 2.45) is 5.92 Å². The highest BCUT2D eigenvalue weighted by Gasteiger charge is 2.33. The van der Waals surface area contributed by atoms with Crippen molar-refractivity contribution in [2.45, 2.75) is 25.3 Å². The molecule has 1 saturated heterocycles. The largest absolute Gasteiger partial charge is 0.396 e. The Balaban J connectivity index is 2.14. The average Bonchev–Trinajstić information content (AvgIpc) is 2.58. The van der Waals surface area contributed by atoms with Crippen LogP contribution in [0, 0.1) is 17.2 Å². The second-order valence-corrected chi connectivity index (χ2v) is 6.35. The summed E-state index contributed by atoms with van der Waals surface area (Å²) in [5, 5.41) is 18.3. The maximum Gasteiger partial charge on any atom is 0.255 e. The van der Waals surface area contributed by atoms with Crippen LogP contribution in [0.5, 0.6) is 0 Å². The lowest BCUT2D eigenvalue weighted by Crippen LogP contribution is -2.50. The van der Waals surface area contributed by atoms with E-state index in [-0.39, 0.29) is 12.5 Å². The van der Waals surface area contributed by atoms with Crippen LogP contribution in [0.15, 0.2) is 24.3 Å². The van der Waals surface area contributed by atoms with Crippen molar-refractivity contribution < 1.29 is 9.90 Å². The second-order valence-electron chi connectivity index (χ2n) is 6.35. The van der Waals surface area contributed by atoms with Crippen molar-refractivity contribution in [3.8, 4) is 6.07 Å². The molecule has 1 aliphatic heterocycles. The Bertz CT molecular complexity index is 580. The summed E-state index contributed by atoms with van der Waals surface area (Å²) in [7, 11) is 4.14. The Morgan fingerprint density at radius 1 is 1.43 bits per heavy atom. The number of hydrogen-bond donors (Lipinski definition) is 1. The van der Waals surface area contributed by atoms with Crippen LogP contribution in [0.4, 0.5) is 0 Å². The molecule has 0 spiro atoms. The lowest BCUT2D eigenvalue weighted by Gasteiger charge is -2.41. The molecule has 0 saturated carbocycles. The maximum absolute atomic E-state index is 12.8. The van der Waals surface area contributed by atoms with Crippen molar-refractivity contribution >= 4 is 5.91 Å². The van der Waals surface area contributed by atoms with Gasteiger partial charge in [0.2, 0.25) is 0 Å². The zero-order chi connectivity index (χ0) is 16.8. The van der Waals surface area contributed by atoms with E-state index in [1.165, 1.54) is 0 Å². The molecular weight excluding hydrogens is 290 g/mol. The van der Waals surface area contributed by atoms with Crippen LogP contribution in [0.2, 0.25) is 0 Å². The van der Waals surface area contributed by atoms with E-state index >= 15 is 0 Å². The number of carbonyl (C=O) groups is 1. The number of hydrogen-bond acceptors (Lipinski definition) is 4. The van der Waals surface area contributed by atoms with E-state index in [0.29, 0.717) is 36.2 Å². The number of nitrogens with zero attached hydrogens (tertiary/aromatic N) is 3. The van der Waals surface area contributed by atoms with E-state index in [0.717, 1.165) is 19.3 Å². The Kier molecular flexibility index (Phi) is 6.14. The molecule has 0 unspecified atom stereocenters. The average molecular weight is 315 g/mol. The Hall–Kier alpha value is -1.90. The molecule has 0 aromatic heterocycles. The molecule has 124 valence electrons. The Labute approximate surface area is 138 Å². The lowest BCUT2D eigenvalue weighted by atomic mass is 9.87. The van der Waals surface area contributed by atoms with E-state index in [4.69, 9.17) is 5.11 Å². The van der Waals surface area contributed by atoms with E-state index in [9.17, 15) is 10.1 Å². The quantitative estimate of drug-likeness (QED) is 0.898. The summed E-state index contributed by atoms with van der Waals surface area (Å²) in [6, 6.07) is 9.51. The molecule has 23 heavy (non-hydrogen) atoms. The molecule has 1 amide bonds.